The van der Waals surface area contributed by atoms with Crippen LogP contribution in [0.5, 0.6) is 0 Å². The van der Waals surface area contributed by atoms with Crippen LogP contribution in [0.2, 0.25) is 0 Å². The second kappa shape index (κ2) is 6.85. The molecule has 116 valence electrons. The Labute approximate surface area is 126 Å². The second-order valence-electron chi connectivity index (χ2n) is 4.64. The smallest absolute Gasteiger partial charge is 0.315 e. The van der Waals surface area contributed by atoms with E-state index >= 15 is 0 Å². The lowest BCUT2D eigenvalue weighted by atomic mass is 10.3. The van der Waals surface area contributed by atoms with Crippen LogP contribution in [0.15, 0.2) is 11.6 Å². The molecule has 1 saturated heterocycles. The summed E-state index contributed by atoms with van der Waals surface area (Å²) in [7, 11) is -3.02. The van der Waals surface area contributed by atoms with E-state index in [-0.39, 0.29) is 36.4 Å². The second-order valence-corrected chi connectivity index (χ2v) is 7.76. The van der Waals surface area contributed by atoms with E-state index in [0.717, 1.165) is 0 Å². The van der Waals surface area contributed by atoms with Crippen molar-refractivity contribution in [3.8, 4) is 0 Å². The number of anilines is 1. The third-order valence-corrected chi connectivity index (χ3v) is 5.34. The molecular weight excluding hydrogens is 316 g/mol. The number of rotatable bonds is 5. The molecule has 2 heterocycles. The van der Waals surface area contributed by atoms with Crippen molar-refractivity contribution in [2.24, 2.45) is 0 Å². The Kier molecular flexibility index (Phi) is 5.12. The highest BCUT2D eigenvalue weighted by Gasteiger charge is 2.28. The van der Waals surface area contributed by atoms with Gasteiger partial charge in [0.2, 0.25) is 5.91 Å². The summed E-state index contributed by atoms with van der Waals surface area (Å²) in [6, 6.07) is -0.807. The molecule has 3 N–H and O–H groups in total. The molecular formula is C11H16N4O4S2. The third kappa shape index (κ3) is 5.31. The lowest BCUT2D eigenvalue weighted by Crippen LogP contribution is -2.43. The molecule has 0 radical (unpaired) electrons. The standard InChI is InChI=1S/C11H16N4O4S2/c16-9(15-11-13-4-5-20-11)1-3-12-10(17)14-8-2-6-21(18,19)7-8/h4-5,8H,1-3,6-7H2,(H2,12,14,17)(H,13,15,16). The van der Waals surface area contributed by atoms with Gasteiger partial charge in [0.25, 0.3) is 0 Å². The molecule has 1 unspecified atom stereocenters. The number of urea groups is 1. The van der Waals surface area contributed by atoms with Crippen molar-refractivity contribution < 1.29 is 18.0 Å². The number of nitrogens with zero attached hydrogens (tertiary/aromatic N) is 1. The number of carbonyl (C=O) groups is 2. The van der Waals surface area contributed by atoms with E-state index < -0.39 is 15.9 Å². The van der Waals surface area contributed by atoms with Gasteiger partial charge in [-0.25, -0.2) is 18.2 Å². The zero-order valence-electron chi connectivity index (χ0n) is 11.2. The van der Waals surface area contributed by atoms with Crippen molar-refractivity contribution >= 4 is 38.2 Å². The molecule has 3 amide bonds. The average molecular weight is 332 g/mol. The first-order valence-corrected chi connectivity index (χ1v) is 9.09. The van der Waals surface area contributed by atoms with E-state index in [9.17, 15) is 18.0 Å². The molecule has 1 aromatic heterocycles. The number of hydrogen-bond acceptors (Lipinski definition) is 6. The van der Waals surface area contributed by atoms with Crippen LogP contribution in [-0.2, 0) is 14.6 Å². The van der Waals surface area contributed by atoms with Gasteiger partial charge >= 0.3 is 6.03 Å². The molecule has 1 aliphatic heterocycles. The Balaban J connectivity index is 1.62. The highest BCUT2D eigenvalue weighted by molar-refractivity contribution is 7.91. The molecule has 21 heavy (non-hydrogen) atoms. The number of sulfone groups is 1. The third-order valence-electron chi connectivity index (χ3n) is 2.88. The Morgan fingerprint density at radius 3 is 2.86 bits per heavy atom. The van der Waals surface area contributed by atoms with Gasteiger partial charge in [-0.05, 0) is 6.42 Å². The fraction of sp³-hybridized carbons (Fsp3) is 0.545. The Morgan fingerprint density at radius 1 is 1.43 bits per heavy atom. The minimum Gasteiger partial charge on any atom is -0.338 e. The summed E-state index contributed by atoms with van der Waals surface area (Å²) in [6.07, 6.45) is 2.14. The van der Waals surface area contributed by atoms with Crippen LogP contribution in [0.25, 0.3) is 0 Å². The lowest BCUT2D eigenvalue weighted by molar-refractivity contribution is -0.116. The van der Waals surface area contributed by atoms with Crippen LogP contribution >= 0.6 is 11.3 Å². The van der Waals surface area contributed by atoms with E-state index in [1.165, 1.54) is 11.3 Å². The predicted octanol–water partition coefficient (Wildman–Crippen LogP) is -0.0420. The van der Waals surface area contributed by atoms with E-state index in [1.54, 1.807) is 11.6 Å². The van der Waals surface area contributed by atoms with Crippen molar-refractivity contribution in [1.29, 1.82) is 0 Å². The molecule has 1 aliphatic rings. The first-order valence-electron chi connectivity index (χ1n) is 6.39. The molecule has 1 aromatic rings. The van der Waals surface area contributed by atoms with Gasteiger partial charge in [-0.1, -0.05) is 0 Å². The summed E-state index contributed by atoms with van der Waals surface area (Å²) in [5.74, 6) is -0.159. The molecule has 0 bridgehead atoms. The minimum absolute atomic E-state index is 0.0229. The van der Waals surface area contributed by atoms with Crippen LogP contribution < -0.4 is 16.0 Å². The fourth-order valence-electron chi connectivity index (χ4n) is 1.90. The van der Waals surface area contributed by atoms with Crippen LogP contribution in [0.3, 0.4) is 0 Å². The van der Waals surface area contributed by atoms with Gasteiger partial charge in [-0.15, -0.1) is 11.3 Å². The molecule has 10 heteroatoms. The van der Waals surface area contributed by atoms with Gasteiger partial charge in [-0.3, -0.25) is 4.79 Å². The Bertz CT molecular complexity index is 600. The van der Waals surface area contributed by atoms with E-state index in [4.69, 9.17) is 0 Å². The van der Waals surface area contributed by atoms with E-state index in [1.807, 2.05) is 0 Å². The molecule has 8 nitrogen and oxygen atoms in total. The van der Waals surface area contributed by atoms with E-state index in [0.29, 0.717) is 11.6 Å². The molecule has 0 spiro atoms. The molecule has 0 aromatic carbocycles. The monoisotopic (exact) mass is 332 g/mol. The molecule has 1 fully saturated rings. The highest BCUT2D eigenvalue weighted by atomic mass is 32.2. The van der Waals surface area contributed by atoms with Crippen LogP contribution in [-0.4, -0.2) is 49.4 Å². The maximum absolute atomic E-state index is 11.5. The van der Waals surface area contributed by atoms with Crippen molar-refractivity contribution in [3.05, 3.63) is 11.6 Å². The van der Waals surface area contributed by atoms with Crippen molar-refractivity contribution in [2.75, 3.05) is 23.4 Å². The first-order chi connectivity index (χ1) is 9.94. The van der Waals surface area contributed by atoms with Crippen molar-refractivity contribution in [1.82, 2.24) is 15.6 Å². The number of thiazole rings is 1. The topological polar surface area (TPSA) is 117 Å². The molecule has 0 aliphatic carbocycles. The summed E-state index contributed by atoms with van der Waals surface area (Å²) < 4.78 is 22.5. The summed E-state index contributed by atoms with van der Waals surface area (Å²) in [5.41, 5.74) is 0. The van der Waals surface area contributed by atoms with E-state index in [2.05, 4.69) is 20.9 Å². The molecule has 0 saturated carbocycles. The van der Waals surface area contributed by atoms with Crippen LogP contribution in [0.4, 0.5) is 9.93 Å². The van der Waals surface area contributed by atoms with Gasteiger partial charge in [0.05, 0.1) is 11.5 Å². The van der Waals surface area contributed by atoms with Gasteiger partial charge in [0.15, 0.2) is 15.0 Å². The zero-order chi connectivity index (χ0) is 15.3. The summed E-state index contributed by atoms with van der Waals surface area (Å²) in [4.78, 5) is 27.0. The normalized spacial score (nSPS) is 19.9. The van der Waals surface area contributed by atoms with Gasteiger partial charge in [-0.2, -0.15) is 0 Å². The number of carbonyl (C=O) groups excluding carboxylic acids is 2. The van der Waals surface area contributed by atoms with Crippen molar-refractivity contribution in [3.63, 3.8) is 0 Å². The largest absolute Gasteiger partial charge is 0.338 e. The summed E-state index contributed by atoms with van der Waals surface area (Å²) >= 11 is 1.31. The maximum atomic E-state index is 11.5. The Hall–Kier alpha value is -1.68. The van der Waals surface area contributed by atoms with Crippen molar-refractivity contribution in [2.45, 2.75) is 18.9 Å². The number of hydrogen-bond donors (Lipinski definition) is 3. The minimum atomic E-state index is -3.02. The lowest BCUT2D eigenvalue weighted by Gasteiger charge is -2.11. The molecule has 2 rings (SSSR count). The zero-order valence-corrected chi connectivity index (χ0v) is 12.8. The number of nitrogens with one attached hydrogen (secondary N) is 3. The maximum Gasteiger partial charge on any atom is 0.315 e. The molecule has 1 atom stereocenters. The summed E-state index contributed by atoms with van der Waals surface area (Å²) in [5, 5.41) is 9.97. The number of amides is 3. The quantitative estimate of drug-likeness (QED) is 0.699. The highest BCUT2D eigenvalue weighted by Crippen LogP contribution is 2.11. The SMILES string of the molecule is O=C(CCNC(=O)NC1CCS(=O)(=O)C1)Nc1nccs1. The van der Waals surface area contributed by atoms with Gasteiger partial charge in [0, 0.05) is 30.6 Å². The Morgan fingerprint density at radius 2 is 2.24 bits per heavy atom. The van der Waals surface area contributed by atoms with Gasteiger partial charge < -0.3 is 16.0 Å². The summed E-state index contributed by atoms with van der Waals surface area (Å²) in [6.45, 7) is 0.169. The predicted molar refractivity (Wildman–Crippen MR) is 79.0 cm³/mol. The number of aromatic nitrogens is 1. The van der Waals surface area contributed by atoms with Gasteiger partial charge in [0.1, 0.15) is 0 Å². The van der Waals surface area contributed by atoms with Crippen LogP contribution in [0, 0.1) is 0 Å². The van der Waals surface area contributed by atoms with Crippen LogP contribution in [0.1, 0.15) is 12.8 Å². The fourth-order valence-corrected chi connectivity index (χ4v) is 4.12. The first kappa shape index (κ1) is 15.7. The average Bonchev–Trinajstić information content (AvgIpc) is 2.99.